The van der Waals surface area contributed by atoms with Crippen LogP contribution in [0.5, 0.6) is 5.75 Å². The Balaban J connectivity index is 2.57. The molecule has 0 spiro atoms. The minimum atomic E-state index is -1.19. The predicted octanol–water partition coefficient (Wildman–Crippen LogP) is -0.252. The van der Waals surface area contributed by atoms with Gasteiger partial charge in [-0.25, -0.2) is 4.79 Å². The maximum Gasteiger partial charge on any atom is 0.326 e. The SMILES string of the molecule is CCNC(=O)CC[C@H](N)C(=O)N[C@@H](Cc1ccc(O)cc1)C(=O)O. The lowest BCUT2D eigenvalue weighted by molar-refractivity contribution is -0.142. The molecule has 0 heterocycles. The molecule has 1 rings (SSSR count). The Bertz CT molecular complexity index is 574. The summed E-state index contributed by atoms with van der Waals surface area (Å²) in [5, 5.41) is 23.4. The van der Waals surface area contributed by atoms with E-state index in [1.54, 1.807) is 19.1 Å². The van der Waals surface area contributed by atoms with Crippen molar-refractivity contribution in [2.45, 2.75) is 38.3 Å². The Kier molecular flexibility index (Phi) is 7.70. The highest BCUT2D eigenvalue weighted by atomic mass is 16.4. The van der Waals surface area contributed by atoms with E-state index in [-0.39, 0.29) is 30.9 Å². The van der Waals surface area contributed by atoms with Gasteiger partial charge in [0.25, 0.3) is 0 Å². The number of aromatic hydroxyl groups is 1. The van der Waals surface area contributed by atoms with Crippen LogP contribution in [0.4, 0.5) is 0 Å². The standard InChI is InChI=1S/C16H23N3O5/c1-2-18-14(21)8-7-12(17)15(22)19-13(16(23)24)9-10-3-5-11(20)6-4-10/h3-6,12-13,20H,2,7-9,17H2,1H3,(H,18,21)(H,19,22)(H,23,24)/t12-,13-/m0/s1. The molecule has 6 N–H and O–H groups in total. The van der Waals surface area contributed by atoms with E-state index >= 15 is 0 Å². The average Bonchev–Trinajstić information content (AvgIpc) is 2.54. The second-order valence-electron chi connectivity index (χ2n) is 5.37. The van der Waals surface area contributed by atoms with E-state index < -0.39 is 24.0 Å². The van der Waals surface area contributed by atoms with Gasteiger partial charge in [0.2, 0.25) is 11.8 Å². The molecule has 0 aliphatic rings. The van der Waals surface area contributed by atoms with Crippen LogP contribution in [0.25, 0.3) is 0 Å². The van der Waals surface area contributed by atoms with Crippen LogP contribution in [-0.4, -0.2) is 46.6 Å². The smallest absolute Gasteiger partial charge is 0.326 e. The second kappa shape index (κ2) is 9.51. The van der Waals surface area contributed by atoms with Gasteiger partial charge in [0, 0.05) is 19.4 Å². The summed E-state index contributed by atoms with van der Waals surface area (Å²) in [5.74, 6) is -1.94. The lowest BCUT2D eigenvalue weighted by Crippen LogP contribution is -2.49. The summed E-state index contributed by atoms with van der Waals surface area (Å²) in [6.45, 7) is 2.28. The summed E-state index contributed by atoms with van der Waals surface area (Å²) in [7, 11) is 0. The number of carboxylic acid groups (broad SMARTS) is 1. The lowest BCUT2D eigenvalue weighted by Gasteiger charge is -2.18. The number of phenolic OH excluding ortho intramolecular Hbond substituents is 1. The Labute approximate surface area is 140 Å². The molecule has 0 unspecified atom stereocenters. The van der Waals surface area contributed by atoms with E-state index in [4.69, 9.17) is 5.73 Å². The van der Waals surface area contributed by atoms with Gasteiger partial charge < -0.3 is 26.6 Å². The first-order chi connectivity index (χ1) is 11.3. The molecule has 8 nitrogen and oxygen atoms in total. The van der Waals surface area contributed by atoms with Crippen LogP contribution in [0.1, 0.15) is 25.3 Å². The molecule has 24 heavy (non-hydrogen) atoms. The Morgan fingerprint density at radius 3 is 2.38 bits per heavy atom. The van der Waals surface area contributed by atoms with Gasteiger partial charge in [-0.1, -0.05) is 12.1 Å². The Morgan fingerprint density at radius 2 is 1.83 bits per heavy atom. The maximum absolute atomic E-state index is 12.0. The molecule has 132 valence electrons. The van der Waals surface area contributed by atoms with E-state index in [0.717, 1.165) is 0 Å². The van der Waals surface area contributed by atoms with Crippen molar-refractivity contribution in [3.8, 4) is 5.75 Å². The van der Waals surface area contributed by atoms with Gasteiger partial charge >= 0.3 is 5.97 Å². The van der Waals surface area contributed by atoms with Crippen molar-refractivity contribution in [3.63, 3.8) is 0 Å². The van der Waals surface area contributed by atoms with E-state index in [1.807, 2.05) is 0 Å². The third-order valence-electron chi connectivity index (χ3n) is 3.38. The second-order valence-corrected chi connectivity index (χ2v) is 5.37. The number of hydrogen-bond donors (Lipinski definition) is 5. The summed E-state index contributed by atoms with van der Waals surface area (Å²) in [6, 6.07) is 3.92. The van der Waals surface area contributed by atoms with E-state index in [9.17, 15) is 24.6 Å². The van der Waals surface area contributed by atoms with Crippen LogP contribution in [0.15, 0.2) is 24.3 Å². The normalized spacial score (nSPS) is 12.9. The van der Waals surface area contributed by atoms with Gasteiger partial charge in [-0.2, -0.15) is 0 Å². The fourth-order valence-electron chi connectivity index (χ4n) is 2.05. The van der Waals surface area contributed by atoms with Crippen molar-refractivity contribution in [1.29, 1.82) is 0 Å². The monoisotopic (exact) mass is 337 g/mol. The topological polar surface area (TPSA) is 142 Å². The van der Waals surface area contributed by atoms with Crippen LogP contribution in [0.3, 0.4) is 0 Å². The Morgan fingerprint density at radius 1 is 1.21 bits per heavy atom. The van der Waals surface area contributed by atoms with Gasteiger partial charge in [0.1, 0.15) is 11.8 Å². The number of aliphatic carboxylic acids is 1. The number of phenols is 1. The largest absolute Gasteiger partial charge is 0.508 e. The molecular weight excluding hydrogens is 314 g/mol. The van der Waals surface area contributed by atoms with E-state index in [0.29, 0.717) is 12.1 Å². The summed E-state index contributed by atoms with van der Waals surface area (Å²) >= 11 is 0. The third kappa shape index (κ3) is 6.66. The molecule has 0 bridgehead atoms. The maximum atomic E-state index is 12.0. The molecule has 0 radical (unpaired) electrons. The molecule has 0 saturated heterocycles. The molecule has 0 aliphatic carbocycles. The number of carbonyl (C=O) groups excluding carboxylic acids is 2. The number of hydrogen-bond acceptors (Lipinski definition) is 5. The highest BCUT2D eigenvalue weighted by Crippen LogP contribution is 2.11. The van der Waals surface area contributed by atoms with Crippen LogP contribution in [-0.2, 0) is 20.8 Å². The van der Waals surface area contributed by atoms with Crippen molar-refractivity contribution in [2.75, 3.05) is 6.54 Å². The summed E-state index contributed by atoms with van der Waals surface area (Å²) in [4.78, 5) is 34.7. The molecule has 1 aromatic carbocycles. The van der Waals surface area contributed by atoms with Gasteiger partial charge in [-0.3, -0.25) is 9.59 Å². The van der Waals surface area contributed by atoms with Crippen LogP contribution < -0.4 is 16.4 Å². The highest BCUT2D eigenvalue weighted by Gasteiger charge is 2.24. The van der Waals surface area contributed by atoms with Crippen molar-refractivity contribution in [3.05, 3.63) is 29.8 Å². The first-order valence-electron chi connectivity index (χ1n) is 7.66. The minimum Gasteiger partial charge on any atom is -0.508 e. The van der Waals surface area contributed by atoms with Gasteiger partial charge in [-0.15, -0.1) is 0 Å². The number of carbonyl (C=O) groups is 3. The van der Waals surface area contributed by atoms with Crippen LogP contribution in [0, 0.1) is 0 Å². The number of rotatable bonds is 9. The molecule has 2 atom stereocenters. The lowest BCUT2D eigenvalue weighted by atomic mass is 10.0. The number of carboxylic acids is 1. The number of benzene rings is 1. The van der Waals surface area contributed by atoms with E-state index in [1.165, 1.54) is 12.1 Å². The number of amides is 2. The summed E-state index contributed by atoms with van der Waals surface area (Å²) in [5.41, 5.74) is 6.35. The van der Waals surface area contributed by atoms with E-state index in [2.05, 4.69) is 10.6 Å². The first kappa shape index (κ1) is 19.4. The van der Waals surface area contributed by atoms with Crippen molar-refractivity contribution < 1.29 is 24.6 Å². The first-order valence-corrected chi connectivity index (χ1v) is 7.66. The zero-order chi connectivity index (χ0) is 18.1. The molecule has 1 aromatic rings. The van der Waals surface area contributed by atoms with Crippen molar-refractivity contribution >= 4 is 17.8 Å². The minimum absolute atomic E-state index is 0.0599. The number of nitrogens with two attached hydrogens (primary N) is 1. The highest BCUT2D eigenvalue weighted by molar-refractivity contribution is 5.87. The molecule has 2 amide bonds. The zero-order valence-electron chi connectivity index (χ0n) is 13.5. The van der Waals surface area contributed by atoms with Crippen LogP contribution >= 0.6 is 0 Å². The Hall–Kier alpha value is -2.61. The van der Waals surface area contributed by atoms with Crippen LogP contribution in [0.2, 0.25) is 0 Å². The fraction of sp³-hybridized carbons (Fsp3) is 0.438. The molecule has 0 saturated carbocycles. The summed E-state index contributed by atoms with van der Waals surface area (Å²) in [6.07, 6.45) is 0.283. The predicted molar refractivity (Wildman–Crippen MR) is 87.3 cm³/mol. The van der Waals surface area contributed by atoms with Crippen molar-refractivity contribution in [2.24, 2.45) is 5.73 Å². The molecular formula is C16H23N3O5. The number of nitrogens with one attached hydrogen (secondary N) is 2. The third-order valence-corrected chi connectivity index (χ3v) is 3.38. The fourth-order valence-corrected chi connectivity index (χ4v) is 2.05. The molecule has 0 fully saturated rings. The average molecular weight is 337 g/mol. The molecule has 8 heteroatoms. The summed E-state index contributed by atoms with van der Waals surface area (Å²) < 4.78 is 0. The molecule has 0 aromatic heterocycles. The van der Waals surface area contributed by atoms with Crippen molar-refractivity contribution in [1.82, 2.24) is 10.6 Å². The zero-order valence-corrected chi connectivity index (χ0v) is 13.5. The quantitative estimate of drug-likeness (QED) is 0.420. The van der Waals surface area contributed by atoms with Gasteiger partial charge in [0.15, 0.2) is 0 Å². The van der Waals surface area contributed by atoms with Gasteiger partial charge in [0.05, 0.1) is 6.04 Å². The van der Waals surface area contributed by atoms with Gasteiger partial charge in [-0.05, 0) is 31.0 Å². The molecule has 0 aliphatic heterocycles.